The normalized spacial score (nSPS) is 16.7. The maximum absolute atomic E-state index is 12.0. The molecule has 18 heavy (non-hydrogen) atoms. The highest BCUT2D eigenvalue weighted by Gasteiger charge is 2.20. The molecular weight excluding hydrogens is 271 g/mol. The number of urea groups is 1. The van der Waals surface area contributed by atoms with Gasteiger partial charge >= 0.3 is 6.03 Å². The summed E-state index contributed by atoms with van der Waals surface area (Å²) in [5.41, 5.74) is 0.635. The van der Waals surface area contributed by atoms with E-state index in [1.165, 1.54) is 0 Å². The maximum Gasteiger partial charge on any atom is 0.321 e. The smallest absolute Gasteiger partial charge is 0.321 e. The molecule has 0 radical (unpaired) electrons. The Kier molecular flexibility index (Phi) is 4.36. The lowest BCUT2D eigenvalue weighted by Gasteiger charge is -2.30. The van der Waals surface area contributed by atoms with Gasteiger partial charge in [0.15, 0.2) is 0 Å². The van der Waals surface area contributed by atoms with E-state index in [4.69, 9.17) is 23.2 Å². The second-order valence-corrected chi connectivity index (χ2v) is 5.63. The minimum atomic E-state index is -0.0831. The third kappa shape index (κ3) is 3.53. The van der Waals surface area contributed by atoms with Gasteiger partial charge in [-0.3, -0.25) is 0 Å². The summed E-state index contributed by atoms with van der Waals surface area (Å²) in [5.74, 6) is 0.703. The van der Waals surface area contributed by atoms with Gasteiger partial charge in [-0.25, -0.2) is 4.79 Å². The molecular formula is C13H16Cl2N2O. The number of hydrogen-bond acceptors (Lipinski definition) is 1. The molecule has 5 heteroatoms. The average Bonchev–Trinajstić information content (AvgIpc) is 2.28. The second-order valence-electron chi connectivity index (χ2n) is 4.76. The average molecular weight is 287 g/mol. The van der Waals surface area contributed by atoms with Crippen LogP contribution >= 0.6 is 23.2 Å². The predicted molar refractivity (Wildman–Crippen MR) is 75.5 cm³/mol. The lowest BCUT2D eigenvalue weighted by atomic mass is 10.00. The molecule has 0 saturated carbocycles. The Morgan fingerprint density at radius 2 is 1.78 bits per heavy atom. The number of halogens is 2. The van der Waals surface area contributed by atoms with E-state index in [0.29, 0.717) is 21.7 Å². The number of anilines is 1. The molecule has 98 valence electrons. The second kappa shape index (κ2) is 5.81. The van der Waals surface area contributed by atoms with Crippen molar-refractivity contribution in [2.75, 3.05) is 18.4 Å². The highest BCUT2D eigenvalue weighted by atomic mass is 35.5. The molecule has 1 fully saturated rings. The quantitative estimate of drug-likeness (QED) is 0.822. The summed E-state index contributed by atoms with van der Waals surface area (Å²) in [4.78, 5) is 13.9. The van der Waals surface area contributed by atoms with Gasteiger partial charge in [0.05, 0.1) is 0 Å². The largest absolute Gasteiger partial charge is 0.325 e. The van der Waals surface area contributed by atoms with Crippen molar-refractivity contribution in [2.24, 2.45) is 5.92 Å². The molecule has 1 aliphatic heterocycles. The van der Waals surface area contributed by atoms with E-state index in [1.807, 2.05) is 4.90 Å². The van der Waals surface area contributed by atoms with E-state index in [-0.39, 0.29) is 6.03 Å². The number of carbonyl (C=O) groups is 1. The highest BCUT2D eigenvalue weighted by Crippen LogP contribution is 2.23. The predicted octanol–water partition coefficient (Wildman–Crippen LogP) is 4.26. The van der Waals surface area contributed by atoms with Gasteiger partial charge in [-0.15, -0.1) is 0 Å². The summed E-state index contributed by atoms with van der Waals surface area (Å²) >= 11 is 11.8. The number of hydrogen-bond donors (Lipinski definition) is 1. The van der Waals surface area contributed by atoms with Gasteiger partial charge < -0.3 is 10.2 Å². The Morgan fingerprint density at radius 1 is 1.22 bits per heavy atom. The molecule has 0 atom stereocenters. The van der Waals surface area contributed by atoms with Crippen molar-refractivity contribution in [3.63, 3.8) is 0 Å². The number of amides is 2. The van der Waals surface area contributed by atoms with Crippen LogP contribution in [-0.2, 0) is 0 Å². The number of nitrogens with zero attached hydrogens (tertiary/aromatic N) is 1. The van der Waals surface area contributed by atoms with Crippen molar-refractivity contribution >= 4 is 34.9 Å². The topological polar surface area (TPSA) is 32.3 Å². The van der Waals surface area contributed by atoms with Crippen molar-refractivity contribution in [3.8, 4) is 0 Å². The van der Waals surface area contributed by atoms with E-state index in [1.54, 1.807) is 18.2 Å². The molecule has 1 saturated heterocycles. The number of piperidine rings is 1. The Morgan fingerprint density at radius 3 is 2.33 bits per heavy atom. The Hall–Kier alpha value is -0.930. The van der Waals surface area contributed by atoms with Crippen LogP contribution in [0.3, 0.4) is 0 Å². The molecule has 1 N–H and O–H groups in total. The Bertz CT molecular complexity index is 422. The van der Waals surface area contributed by atoms with Crippen molar-refractivity contribution in [2.45, 2.75) is 19.8 Å². The zero-order valence-corrected chi connectivity index (χ0v) is 11.8. The zero-order valence-electron chi connectivity index (χ0n) is 10.2. The monoisotopic (exact) mass is 286 g/mol. The standard InChI is InChI=1S/C13H16Cl2N2O/c1-9-2-4-17(5-3-9)13(18)16-12-7-10(14)6-11(15)8-12/h6-9H,2-5H2,1H3,(H,16,18). The summed E-state index contributed by atoms with van der Waals surface area (Å²) in [5, 5.41) is 3.86. The molecule has 2 rings (SSSR count). The van der Waals surface area contributed by atoms with E-state index in [0.717, 1.165) is 25.9 Å². The van der Waals surface area contributed by atoms with Crippen LogP contribution in [0.2, 0.25) is 10.0 Å². The van der Waals surface area contributed by atoms with Gasteiger partial charge in [-0.05, 0) is 37.0 Å². The zero-order chi connectivity index (χ0) is 13.1. The van der Waals surface area contributed by atoms with Gasteiger partial charge in [0.25, 0.3) is 0 Å². The van der Waals surface area contributed by atoms with E-state index in [2.05, 4.69) is 12.2 Å². The first-order valence-electron chi connectivity index (χ1n) is 6.06. The van der Waals surface area contributed by atoms with Crippen molar-refractivity contribution in [1.82, 2.24) is 4.90 Å². The van der Waals surface area contributed by atoms with Crippen LogP contribution in [0.4, 0.5) is 10.5 Å². The molecule has 1 aromatic carbocycles. The van der Waals surface area contributed by atoms with Crippen LogP contribution in [0.1, 0.15) is 19.8 Å². The lowest BCUT2D eigenvalue weighted by Crippen LogP contribution is -2.40. The molecule has 0 spiro atoms. The van der Waals surface area contributed by atoms with Crippen LogP contribution < -0.4 is 5.32 Å². The molecule has 0 bridgehead atoms. The number of likely N-dealkylation sites (tertiary alicyclic amines) is 1. The number of nitrogens with one attached hydrogen (secondary N) is 1. The molecule has 1 aromatic rings. The molecule has 0 aromatic heterocycles. The fourth-order valence-electron chi connectivity index (χ4n) is 2.04. The summed E-state index contributed by atoms with van der Waals surface area (Å²) in [7, 11) is 0. The molecule has 3 nitrogen and oxygen atoms in total. The summed E-state index contributed by atoms with van der Waals surface area (Å²) < 4.78 is 0. The van der Waals surface area contributed by atoms with Crippen LogP contribution in [0.5, 0.6) is 0 Å². The minimum absolute atomic E-state index is 0.0831. The number of benzene rings is 1. The number of rotatable bonds is 1. The van der Waals surface area contributed by atoms with Crippen LogP contribution in [0, 0.1) is 5.92 Å². The molecule has 0 unspecified atom stereocenters. The summed E-state index contributed by atoms with van der Waals surface area (Å²) in [6.07, 6.45) is 2.12. The van der Waals surface area contributed by atoms with Crippen molar-refractivity contribution < 1.29 is 4.79 Å². The summed E-state index contributed by atoms with van der Waals surface area (Å²) in [6.45, 7) is 3.83. The van der Waals surface area contributed by atoms with Gasteiger partial charge in [0.2, 0.25) is 0 Å². The fourth-order valence-corrected chi connectivity index (χ4v) is 2.57. The van der Waals surface area contributed by atoms with Gasteiger partial charge in [0, 0.05) is 28.8 Å². The number of carbonyl (C=O) groups excluding carboxylic acids is 1. The summed E-state index contributed by atoms with van der Waals surface area (Å²) in [6, 6.07) is 4.94. The van der Waals surface area contributed by atoms with Gasteiger partial charge in [-0.1, -0.05) is 30.1 Å². The van der Waals surface area contributed by atoms with Crippen molar-refractivity contribution in [3.05, 3.63) is 28.2 Å². The SMILES string of the molecule is CC1CCN(C(=O)Nc2cc(Cl)cc(Cl)c2)CC1. The van der Waals surface area contributed by atoms with Crippen molar-refractivity contribution in [1.29, 1.82) is 0 Å². The first-order chi connectivity index (χ1) is 8.54. The molecule has 0 aliphatic carbocycles. The first kappa shape index (κ1) is 13.5. The maximum atomic E-state index is 12.0. The Balaban J connectivity index is 1.98. The van der Waals surface area contributed by atoms with E-state index >= 15 is 0 Å². The third-order valence-electron chi connectivity index (χ3n) is 3.18. The minimum Gasteiger partial charge on any atom is -0.325 e. The molecule has 2 amide bonds. The van der Waals surface area contributed by atoms with Crippen LogP contribution in [-0.4, -0.2) is 24.0 Å². The highest BCUT2D eigenvalue weighted by molar-refractivity contribution is 6.35. The first-order valence-corrected chi connectivity index (χ1v) is 6.82. The van der Waals surface area contributed by atoms with E-state index < -0.39 is 0 Å². The third-order valence-corrected chi connectivity index (χ3v) is 3.62. The Labute approximate surface area is 117 Å². The van der Waals surface area contributed by atoms with Gasteiger partial charge in [0.1, 0.15) is 0 Å². The van der Waals surface area contributed by atoms with Crippen LogP contribution in [0.15, 0.2) is 18.2 Å². The molecule has 1 heterocycles. The van der Waals surface area contributed by atoms with Gasteiger partial charge in [-0.2, -0.15) is 0 Å². The lowest BCUT2D eigenvalue weighted by molar-refractivity contribution is 0.186. The fraction of sp³-hybridized carbons (Fsp3) is 0.462. The van der Waals surface area contributed by atoms with E-state index in [9.17, 15) is 4.79 Å². The molecule has 1 aliphatic rings. The van der Waals surface area contributed by atoms with Crippen LogP contribution in [0.25, 0.3) is 0 Å².